The predicted octanol–water partition coefficient (Wildman–Crippen LogP) is 1.79. The van der Waals surface area contributed by atoms with Gasteiger partial charge in [0.05, 0.1) is 0 Å². The molecule has 106 valence electrons. The van der Waals surface area contributed by atoms with Crippen molar-refractivity contribution in [3.63, 3.8) is 0 Å². The normalized spacial score (nSPS) is 25.7. The van der Waals surface area contributed by atoms with Gasteiger partial charge in [-0.15, -0.1) is 0 Å². The first-order chi connectivity index (χ1) is 8.78. The lowest BCUT2D eigenvalue weighted by Crippen LogP contribution is -2.51. The maximum absolute atomic E-state index is 3.43. The van der Waals surface area contributed by atoms with E-state index in [1.165, 1.54) is 77.9 Å². The Labute approximate surface area is 113 Å². The zero-order chi connectivity index (χ0) is 12.8. The lowest BCUT2D eigenvalue weighted by Gasteiger charge is -2.40. The molecule has 0 bridgehead atoms. The Morgan fingerprint density at radius 3 is 2.17 bits per heavy atom. The molecule has 0 unspecified atom stereocenters. The van der Waals surface area contributed by atoms with Gasteiger partial charge < -0.3 is 15.1 Å². The first-order valence-electron chi connectivity index (χ1n) is 7.87. The summed E-state index contributed by atoms with van der Waals surface area (Å²) in [6.45, 7) is 11.2. The van der Waals surface area contributed by atoms with Gasteiger partial charge in [-0.3, -0.25) is 0 Å². The molecule has 0 spiro atoms. The molecule has 1 N–H and O–H groups in total. The highest BCUT2D eigenvalue weighted by Gasteiger charge is 2.35. The second kappa shape index (κ2) is 6.88. The fraction of sp³-hybridized carbons (Fsp3) is 1.00. The first kappa shape index (κ1) is 14.3. The van der Waals surface area contributed by atoms with Gasteiger partial charge in [0.2, 0.25) is 0 Å². The summed E-state index contributed by atoms with van der Waals surface area (Å²) in [6.07, 6.45) is 7.05. The molecule has 1 heterocycles. The van der Waals surface area contributed by atoms with Gasteiger partial charge in [-0.2, -0.15) is 0 Å². The van der Waals surface area contributed by atoms with Crippen molar-refractivity contribution in [1.29, 1.82) is 0 Å². The average molecular weight is 253 g/mol. The maximum Gasteiger partial charge on any atom is 0.0110 e. The summed E-state index contributed by atoms with van der Waals surface area (Å²) in [6, 6.07) is 0. The molecule has 0 aromatic carbocycles. The number of nitrogens with one attached hydrogen (secondary N) is 1. The van der Waals surface area contributed by atoms with Crippen molar-refractivity contribution in [3.05, 3.63) is 0 Å². The summed E-state index contributed by atoms with van der Waals surface area (Å²) < 4.78 is 0. The van der Waals surface area contributed by atoms with Crippen LogP contribution in [-0.2, 0) is 0 Å². The molecule has 3 heteroatoms. The summed E-state index contributed by atoms with van der Waals surface area (Å²) in [5.41, 5.74) is 0.585. The van der Waals surface area contributed by atoms with Crippen LogP contribution in [0.3, 0.4) is 0 Å². The lowest BCUT2D eigenvalue weighted by atomic mass is 9.85. The van der Waals surface area contributed by atoms with Crippen LogP contribution in [0.25, 0.3) is 0 Å². The number of nitrogens with zero attached hydrogens (tertiary/aromatic N) is 2. The van der Waals surface area contributed by atoms with Crippen molar-refractivity contribution in [2.75, 3.05) is 52.9 Å². The molecule has 0 radical (unpaired) electrons. The van der Waals surface area contributed by atoms with Crippen LogP contribution in [0, 0.1) is 5.41 Å². The highest BCUT2D eigenvalue weighted by molar-refractivity contribution is 4.90. The van der Waals surface area contributed by atoms with Crippen LogP contribution >= 0.6 is 0 Å². The topological polar surface area (TPSA) is 18.5 Å². The average Bonchev–Trinajstić information content (AvgIpc) is 2.81. The minimum Gasteiger partial charge on any atom is -0.319 e. The van der Waals surface area contributed by atoms with Gasteiger partial charge in [-0.05, 0) is 38.3 Å². The van der Waals surface area contributed by atoms with E-state index in [1.54, 1.807) is 0 Å². The highest BCUT2D eigenvalue weighted by atomic mass is 15.3. The third-order valence-corrected chi connectivity index (χ3v) is 4.78. The Balaban J connectivity index is 1.79. The van der Waals surface area contributed by atoms with Crippen LogP contribution in [-0.4, -0.2) is 62.7 Å². The van der Waals surface area contributed by atoms with Crippen molar-refractivity contribution in [2.45, 2.75) is 39.0 Å². The van der Waals surface area contributed by atoms with Crippen LogP contribution in [0.5, 0.6) is 0 Å². The summed E-state index contributed by atoms with van der Waals surface area (Å²) in [4.78, 5) is 5.34. The van der Waals surface area contributed by atoms with E-state index in [2.05, 4.69) is 29.1 Å². The molecule has 2 fully saturated rings. The van der Waals surface area contributed by atoms with E-state index in [9.17, 15) is 0 Å². The second-order valence-corrected chi connectivity index (χ2v) is 6.36. The molecule has 3 nitrogen and oxygen atoms in total. The summed E-state index contributed by atoms with van der Waals surface area (Å²) in [7, 11) is 2.11. The summed E-state index contributed by atoms with van der Waals surface area (Å²) in [5, 5.41) is 3.43. The van der Waals surface area contributed by atoms with Gasteiger partial charge in [0.25, 0.3) is 0 Å². The molecule has 0 amide bonds. The van der Waals surface area contributed by atoms with E-state index in [0.29, 0.717) is 5.41 Å². The van der Waals surface area contributed by atoms with E-state index in [1.807, 2.05) is 0 Å². The number of rotatable bonds is 6. The Morgan fingerprint density at radius 2 is 1.61 bits per heavy atom. The Morgan fingerprint density at radius 1 is 1.00 bits per heavy atom. The largest absolute Gasteiger partial charge is 0.319 e. The molecule has 1 aliphatic heterocycles. The molecule has 0 aromatic rings. The van der Waals surface area contributed by atoms with Crippen LogP contribution in [0.15, 0.2) is 0 Å². The maximum atomic E-state index is 3.43. The lowest BCUT2D eigenvalue weighted by molar-refractivity contribution is 0.0860. The molecular formula is C15H31N3. The van der Waals surface area contributed by atoms with Crippen molar-refractivity contribution in [1.82, 2.24) is 15.1 Å². The number of hydrogen-bond acceptors (Lipinski definition) is 3. The number of piperazine rings is 1. The highest BCUT2D eigenvalue weighted by Crippen LogP contribution is 2.38. The summed E-state index contributed by atoms with van der Waals surface area (Å²) >= 11 is 0. The molecule has 0 atom stereocenters. The van der Waals surface area contributed by atoms with Crippen molar-refractivity contribution >= 4 is 0 Å². The molecular weight excluding hydrogens is 222 g/mol. The van der Waals surface area contributed by atoms with Gasteiger partial charge >= 0.3 is 0 Å². The number of hydrogen-bond donors (Lipinski definition) is 1. The van der Waals surface area contributed by atoms with Crippen LogP contribution < -0.4 is 5.32 Å². The molecule has 1 saturated carbocycles. The van der Waals surface area contributed by atoms with Crippen LogP contribution in [0.1, 0.15) is 39.0 Å². The quantitative estimate of drug-likeness (QED) is 0.778. The van der Waals surface area contributed by atoms with Gasteiger partial charge in [0.1, 0.15) is 0 Å². The minimum atomic E-state index is 0.585. The van der Waals surface area contributed by atoms with Crippen molar-refractivity contribution < 1.29 is 0 Å². The fourth-order valence-electron chi connectivity index (χ4n) is 3.85. The van der Waals surface area contributed by atoms with Crippen molar-refractivity contribution in [3.8, 4) is 0 Å². The third kappa shape index (κ3) is 3.69. The van der Waals surface area contributed by atoms with E-state index in [-0.39, 0.29) is 0 Å². The van der Waals surface area contributed by atoms with Gasteiger partial charge in [0.15, 0.2) is 0 Å². The molecule has 1 saturated heterocycles. The Hall–Kier alpha value is -0.120. The second-order valence-electron chi connectivity index (χ2n) is 6.36. The zero-order valence-corrected chi connectivity index (χ0v) is 12.4. The smallest absolute Gasteiger partial charge is 0.0110 e. The van der Waals surface area contributed by atoms with Crippen LogP contribution in [0.2, 0.25) is 0 Å². The molecule has 2 aliphatic rings. The first-order valence-corrected chi connectivity index (χ1v) is 7.87. The molecule has 1 aliphatic carbocycles. The Kier molecular flexibility index (Phi) is 5.46. The molecule has 18 heavy (non-hydrogen) atoms. The van der Waals surface area contributed by atoms with E-state index >= 15 is 0 Å². The zero-order valence-electron chi connectivity index (χ0n) is 12.4. The van der Waals surface area contributed by atoms with E-state index < -0.39 is 0 Å². The fourth-order valence-corrected chi connectivity index (χ4v) is 3.85. The van der Waals surface area contributed by atoms with Gasteiger partial charge in [0, 0.05) is 39.3 Å². The van der Waals surface area contributed by atoms with Crippen LogP contribution in [0.4, 0.5) is 0 Å². The van der Waals surface area contributed by atoms with Crippen molar-refractivity contribution in [2.24, 2.45) is 5.41 Å². The SMILES string of the molecule is CCCN1CCN(CC2(CNC)CCCC2)CC1. The Bertz CT molecular complexity index is 228. The molecule has 0 aromatic heterocycles. The van der Waals surface area contributed by atoms with Gasteiger partial charge in [-0.25, -0.2) is 0 Å². The summed E-state index contributed by atoms with van der Waals surface area (Å²) in [5.74, 6) is 0. The van der Waals surface area contributed by atoms with Gasteiger partial charge in [-0.1, -0.05) is 19.8 Å². The monoisotopic (exact) mass is 253 g/mol. The predicted molar refractivity (Wildman–Crippen MR) is 78.0 cm³/mol. The third-order valence-electron chi connectivity index (χ3n) is 4.78. The van der Waals surface area contributed by atoms with E-state index in [0.717, 1.165) is 0 Å². The minimum absolute atomic E-state index is 0.585. The van der Waals surface area contributed by atoms with E-state index in [4.69, 9.17) is 0 Å². The standard InChI is InChI=1S/C15H31N3/c1-3-8-17-9-11-18(12-10-17)14-15(13-16-2)6-4-5-7-15/h16H,3-14H2,1-2H3. The molecule has 2 rings (SSSR count).